The lowest BCUT2D eigenvalue weighted by atomic mass is 10.2. The Kier molecular flexibility index (Phi) is 12.9. The van der Waals surface area contributed by atoms with E-state index in [2.05, 4.69) is 72.5 Å². The number of halogens is 3. The number of hydrogen-bond acceptors (Lipinski definition) is 10. The number of nitrogens with zero attached hydrogens (tertiary/aromatic N) is 4. The van der Waals surface area contributed by atoms with Crippen molar-refractivity contribution in [3.8, 4) is 0 Å². The normalized spacial score (nSPS) is 23.0. The van der Waals surface area contributed by atoms with Crippen LogP contribution in [0.25, 0.3) is 0 Å². The van der Waals surface area contributed by atoms with Gasteiger partial charge in [-0.3, -0.25) is 0 Å². The summed E-state index contributed by atoms with van der Waals surface area (Å²) in [6, 6.07) is 8.23. The first kappa shape index (κ1) is 30.8. The Morgan fingerprint density at radius 3 is 1.79 bits per heavy atom. The van der Waals surface area contributed by atoms with Crippen LogP contribution in [0.15, 0.2) is 24.3 Å². The van der Waals surface area contributed by atoms with E-state index >= 15 is 0 Å². The second-order valence-corrected chi connectivity index (χ2v) is 12.0. The molecule has 0 aliphatic carbocycles. The molecule has 2 atom stereocenters. The van der Waals surface area contributed by atoms with E-state index < -0.39 is 5.95 Å². The first-order valence-corrected chi connectivity index (χ1v) is 15.5. The minimum atomic E-state index is -0.418. The van der Waals surface area contributed by atoms with Crippen LogP contribution in [-0.2, 0) is 18.9 Å². The van der Waals surface area contributed by atoms with Crippen LogP contribution in [0.1, 0.15) is 12.8 Å². The molecule has 10 nitrogen and oxygen atoms in total. The lowest BCUT2D eigenvalue weighted by molar-refractivity contribution is 0.122. The topological polar surface area (TPSA) is 107 Å². The molecule has 4 aliphatic heterocycles. The maximum Gasteiger partial charge on any atom is 0.215 e. The summed E-state index contributed by atoms with van der Waals surface area (Å²) < 4.78 is 36.0. The van der Waals surface area contributed by atoms with Crippen molar-refractivity contribution >= 4 is 62.6 Å². The Balaban J connectivity index is 0.000000154. The van der Waals surface area contributed by atoms with Crippen molar-refractivity contribution in [2.45, 2.75) is 24.9 Å². The van der Waals surface area contributed by atoms with E-state index in [4.69, 9.17) is 29.7 Å². The van der Waals surface area contributed by atoms with Gasteiger partial charge in [-0.25, -0.2) is 9.97 Å². The molecule has 0 bridgehead atoms. The minimum absolute atomic E-state index is 0.324. The van der Waals surface area contributed by atoms with E-state index in [-0.39, 0.29) is 0 Å². The molecule has 0 amide bonds. The lowest BCUT2D eigenvalue weighted by Crippen LogP contribution is -2.37. The molecule has 0 radical (unpaired) electrons. The monoisotopic (exact) mass is 770 g/mol. The van der Waals surface area contributed by atoms with Crippen molar-refractivity contribution in [1.29, 1.82) is 0 Å². The van der Waals surface area contributed by atoms with Crippen LogP contribution in [0.4, 0.5) is 21.8 Å². The molecule has 3 N–H and O–H groups in total. The van der Waals surface area contributed by atoms with Crippen LogP contribution in [-0.4, -0.2) is 101 Å². The van der Waals surface area contributed by atoms with Gasteiger partial charge in [0.2, 0.25) is 5.95 Å². The van der Waals surface area contributed by atoms with Crippen LogP contribution < -0.4 is 20.9 Å². The molecule has 0 unspecified atom stereocenters. The number of nitrogens with one attached hydrogen (secondary N) is 1. The molecule has 0 aromatic carbocycles. The van der Waals surface area contributed by atoms with Gasteiger partial charge in [0, 0.05) is 58.6 Å². The molecule has 6 heterocycles. The molecular formula is C26H37FI2N6O4. The minimum Gasteiger partial charge on any atom is -0.380 e. The van der Waals surface area contributed by atoms with Gasteiger partial charge in [-0.2, -0.15) is 4.39 Å². The highest BCUT2D eigenvalue weighted by Gasteiger charge is 2.18. The van der Waals surface area contributed by atoms with Gasteiger partial charge in [-0.15, -0.1) is 0 Å². The van der Waals surface area contributed by atoms with Crippen molar-refractivity contribution in [3.05, 3.63) is 37.4 Å². The molecule has 39 heavy (non-hydrogen) atoms. The van der Waals surface area contributed by atoms with Gasteiger partial charge >= 0.3 is 0 Å². The van der Waals surface area contributed by atoms with Crippen LogP contribution >= 0.6 is 45.2 Å². The summed E-state index contributed by atoms with van der Waals surface area (Å²) in [7, 11) is 0. The van der Waals surface area contributed by atoms with Gasteiger partial charge in [0.25, 0.3) is 0 Å². The summed E-state index contributed by atoms with van der Waals surface area (Å²) in [5.74, 6) is 2.27. The molecule has 216 valence electrons. The highest BCUT2D eigenvalue weighted by molar-refractivity contribution is 14.1. The molecular weight excluding hydrogens is 733 g/mol. The zero-order chi connectivity index (χ0) is 27.5. The van der Waals surface area contributed by atoms with Gasteiger partial charge in [-0.1, -0.05) is 0 Å². The molecule has 2 aromatic rings. The molecule has 0 spiro atoms. The fourth-order valence-corrected chi connectivity index (χ4v) is 5.44. The molecule has 4 saturated heterocycles. The van der Waals surface area contributed by atoms with Crippen LogP contribution in [0, 0.1) is 13.1 Å². The second kappa shape index (κ2) is 16.4. The predicted molar refractivity (Wildman–Crippen MR) is 166 cm³/mol. The summed E-state index contributed by atoms with van der Waals surface area (Å²) in [6.45, 7) is 9.60. The summed E-state index contributed by atoms with van der Waals surface area (Å²) in [6.07, 6.45) is 2.10. The number of pyridine rings is 2. The summed E-state index contributed by atoms with van der Waals surface area (Å²) in [5, 5.41) is 3.46. The number of hydrogen-bond donors (Lipinski definition) is 2. The molecule has 13 heteroatoms. The largest absolute Gasteiger partial charge is 0.380 e. The number of nitrogens with two attached hydrogens (primary N) is 1. The number of ether oxygens (including phenoxy) is 4. The number of aromatic nitrogens is 2. The molecule has 2 aromatic heterocycles. The number of morpholine rings is 2. The quantitative estimate of drug-likeness (QED) is 0.356. The zero-order valence-corrected chi connectivity index (χ0v) is 26.3. The third-order valence-electron chi connectivity index (χ3n) is 6.44. The van der Waals surface area contributed by atoms with Crippen LogP contribution in [0.5, 0.6) is 0 Å². The Labute approximate surface area is 256 Å². The maximum absolute atomic E-state index is 13.0. The van der Waals surface area contributed by atoms with Crippen LogP contribution in [0.3, 0.4) is 0 Å². The molecule has 6 rings (SSSR count). The van der Waals surface area contributed by atoms with Crippen LogP contribution in [0.2, 0.25) is 0 Å². The Morgan fingerprint density at radius 1 is 0.744 bits per heavy atom. The van der Waals surface area contributed by atoms with Gasteiger partial charge in [0.05, 0.1) is 45.7 Å². The van der Waals surface area contributed by atoms with Crippen molar-refractivity contribution in [2.24, 2.45) is 5.73 Å². The van der Waals surface area contributed by atoms with Gasteiger partial charge in [0.1, 0.15) is 17.5 Å². The van der Waals surface area contributed by atoms with Gasteiger partial charge < -0.3 is 39.8 Å². The summed E-state index contributed by atoms with van der Waals surface area (Å²) in [5.41, 5.74) is 5.41. The first-order valence-electron chi connectivity index (χ1n) is 13.3. The van der Waals surface area contributed by atoms with E-state index in [1.165, 1.54) is 9.64 Å². The summed E-state index contributed by atoms with van der Waals surface area (Å²) >= 11 is 4.43. The van der Waals surface area contributed by atoms with Crippen molar-refractivity contribution in [1.82, 2.24) is 9.97 Å². The average Bonchev–Trinajstić information content (AvgIpc) is 3.64. The van der Waals surface area contributed by atoms with E-state index in [0.717, 1.165) is 93.9 Å². The highest BCUT2D eigenvalue weighted by atomic mass is 127. The molecule has 4 fully saturated rings. The molecule has 4 aliphatic rings. The summed E-state index contributed by atoms with van der Waals surface area (Å²) in [4.78, 5) is 12.9. The first-order chi connectivity index (χ1) is 19.0. The van der Waals surface area contributed by atoms with E-state index in [1.807, 2.05) is 11.0 Å². The van der Waals surface area contributed by atoms with E-state index in [9.17, 15) is 4.39 Å². The van der Waals surface area contributed by atoms with Gasteiger partial charge in [-0.05, 0) is 76.2 Å². The van der Waals surface area contributed by atoms with E-state index in [0.29, 0.717) is 31.1 Å². The maximum atomic E-state index is 13.0. The third-order valence-corrected chi connectivity index (χ3v) is 7.68. The number of anilines is 3. The van der Waals surface area contributed by atoms with E-state index in [1.54, 1.807) is 0 Å². The number of rotatable bonds is 4. The third kappa shape index (κ3) is 10.7. The fraction of sp³-hybridized carbons (Fsp3) is 0.615. The molecule has 0 saturated carbocycles. The van der Waals surface area contributed by atoms with Crippen molar-refractivity contribution in [3.63, 3.8) is 0 Å². The highest BCUT2D eigenvalue weighted by Crippen LogP contribution is 2.22. The second-order valence-electron chi connectivity index (χ2n) is 9.52. The fourth-order valence-electron chi connectivity index (χ4n) is 4.33. The smallest absolute Gasteiger partial charge is 0.215 e. The Bertz CT molecular complexity index is 998. The van der Waals surface area contributed by atoms with Gasteiger partial charge in [0.15, 0.2) is 0 Å². The predicted octanol–water partition coefficient (Wildman–Crippen LogP) is 3.12. The Hall–Kier alpha value is -1.11. The van der Waals surface area contributed by atoms with Crippen molar-refractivity contribution < 1.29 is 23.3 Å². The zero-order valence-electron chi connectivity index (χ0n) is 22.0. The SMILES string of the molecule is Fc1cc(I)cc(N2CCOCC2)n1.Ic1cc(N[C@@H]2CCOC2)nc(N2CCOCC2)c1.N[C@@H]1CCOC1. The van der Waals surface area contributed by atoms with Crippen molar-refractivity contribution in [2.75, 3.05) is 94.2 Å². The lowest BCUT2D eigenvalue weighted by Gasteiger charge is -2.28. The Morgan fingerprint density at radius 2 is 1.31 bits per heavy atom. The standard InChI is InChI=1S/C13H18IN3O2.C9H10FIN2O.C4H9NO/c14-10-7-12(15-11-1-4-19-9-11)16-13(8-10)17-2-5-18-6-3-17;10-8-5-7(11)6-9(12-8)13-1-3-14-4-2-13;5-4-1-2-6-3-4/h7-8,11H,1-6,9H2,(H,15,16);5-6H,1-4H2;4H,1-3,5H2/t11-;;4-/m1.1/s1. The average molecular weight is 770 g/mol.